The molecule has 62 nitrogen and oxygen atoms in total. The number of nitrogen functional groups attached to an aromatic ring is 4. The number of nitrogens with one attached hydrogen (secondary N) is 5. The van der Waals surface area contributed by atoms with Crippen molar-refractivity contribution in [2.24, 2.45) is 0 Å². The summed E-state index contributed by atoms with van der Waals surface area (Å²) in [5.41, 5.74) is 18.0. The number of fused-ring (bicyclic) bond motifs is 4. The van der Waals surface area contributed by atoms with E-state index in [4.69, 9.17) is 119 Å². The van der Waals surface area contributed by atoms with Crippen molar-refractivity contribution in [3.63, 3.8) is 0 Å². The van der Waals surface area contributed by atoms with Gasteiger partial charge >= 0.3 is 64.7 Å². The lowest BCUT2D eigenvalue weighted by Crippen LogP contribution is -2.33. The number of aromatic nitrogens is 22. The van der Waals surface area contributed by atoms with Gasteiger partial charge in [-0.1, -0.05) is 92.7 Å². The van der Waals surface area contributed by atoms with E-state index in [1.165, 1.54) is 72.2 Å². The lowest BCUT2D eigenvalue weighted by Gasteiger charge is -2.27. The number of aryl methyl sites for hydroxylation is 3. The highest BCUT2D eigenvalue weighted by Gasteiger charge is 2.53. The van der Waals surface area contributed by atoms with Crippen LogP contribution in [-0.2, 0) is 128 Å². The first-order valence-electron chi connectivity index (χ1n) is 44.3. The molecule has 0 bridgehead atoms. The molecule has 0 radical (unpaired) electrons. The molecule has 28 atom stereocenters. The Morgan fingerprint density at radius 1 is 0.318 bits per heavy atom. The number of nitrogens with zero attached hydrogens (tertiary/aromatic N) is 17. The third-order valence-electron chi connectivity index (χ3n) is 24.5. The molecule has 11 aromatic rings. The molecule has 0 aromatic carbocycles. The Kier molecular flexibility index (Phi) is 32.6. The smallest absolute Gasteiger partial charge is 0.382 e. The normalized spacial score (nSPS) is 29.3. The number of imidazole rings is 4. The van der Waals surface area contributed by atoms with Crippen LogP contribution in [0.25, 0.3) is 44.7 Å². The zero-order valence-corrected chi connectivity index (χ0v) is 89.6. The predicted molar refractivity (Wildman–Crippen MR) is 536 cm³/mol. The standard InChI is InChI=1S/C72H93N26O36P7S7/c1-6-32-33(7-49(121-32)95-25-81-53-57(73)77-23-79-59(53)95)129-136(108,143)115-18-41-35(8-46(122-41)92-14-29(2)63(99)89-70(92)104)131-138(110,145)117-19-42-37(10-48(123-42)94-16-31(4)65(101)91-72(94)106)132-139(111,146)119-21-44-39(13-52(126-44)98-28-84-56-62(98)86-69(76)88-67(56)103)134-141(113,148)120-22-45-38(12-51(127-45)97-27-83-55-61(97)85-68(75)87-66(55)102)133-140(112,147)118-20-43-36(9-47(124-43)93-15-30(3)64(100)90-71(93)105)130-137(109,144)116-17-40-34(128-135(107,142)114-5)11-50(125-40)96-26-82-54-58(74)78-24-80-60(54)96/h14-16,23-28,32-52H,6-13,17-22H2,1-5H3,(H,107,142)(H,108,143)(H,109,144)(H,110,145)(H,111,146)(H,112,147)(H,113,148)(H2,73,77,79)(H2,74,78,80)(H,89,99,104)(H,90,100,105)(H,91,101,106)(H3,75,85,87,102)(H3,76,86,88,103)/t32-,33-,34-,35-,36-,37-,38-,39-,40-,41-,42-,43-,44-,45-,46-,47-,48-,49-,50-,51-,52-,135?,136?,137?,138?,139?,140?,141?/m1/s1. The van der Waals surface area contributed by atoms with E-state index in [1.54, 1.807) is 11.5 Å². The minimum atomic E-state index is -4.95. The summed E-state index contributed by atoms with van der Waals surface area (Å²) in [6, 6.07) is 0. The van der Waals surface area contributed by atoms with Crippen LogP contribution in [0.4, 0.5) is 23.5 Å². The van der Waals surface area contributed by atoms with Gasteiger partial charge in [0.1, 0.15) is 141 Å². The number of anilines is 4. The molecule has 0 amide bonds. The zero-order valence-electron chi connectivity index (χ0n) is 77.1. The molecular weight excluding hydrogens is 2250 g/mol. The van der Waals surface area contributed by atoms with Crippen LogP contribution in [-0.4, -0.2) is 239 Å². The molecule has 7 aliphatic rings. The van der Waals surface area contributed by atoms with Crippen molar-refractivity contribution in [3.05, 3.63) is 156 Å². The van der Waals surface area contributed by atoms with Crippen molar-refractivity contribution < 1.29 is 128 Å². The van der Waals surface area contributed by atoms with Crippen molar-refractivity contribution in [3.8, 4) is 0 Å². The average Bonchev–Trinajstić information content (AvgIpc) is 1.62. The Morgan fingerprint density at radius 3 is 0.804 bits per heavy atom. The molecule has 0 spiro atoms. The monoisotopic (exact) mass is 2340 g/mol. The van der Waals surface area contributed by atoms with Gasteiger partial charge in [-0.15, -0.1) is 0 Å². The lowest BCUT2D eigenvalue weighted by molar-refractivity contribution is -0.0531. The van der Waals surface area contributed by atoms with Crippen LogP contribution >= 0.6 is 133 Å². The third kappa shape index (κ3) is 24.8. The number of hydrogen-bond donors (Lipinski definition) is 16. The lowest BCUT2D eigenvalue weighted by atomic mass is 10.1. The Balaban J connectivity index is 0.564. The second-order valence-electron chi connectivity index (χ2n) is 34.4. The molecule has 0 saturated carbocycles. The highest BCUT2D eigenvalue weighted by Crippen LogP contribution is 2.65. The van der Waals surface area contributed by atoms with Gasteiger partial charge in [-0.25, -0.2) is 86.2 Å². The topological polar surface area (TPSA) is 796 Å². The van der Waals surface area contributed by atoms with E-state index in [-0.39, 0.29) is 106 Å². The van der Waals surface area contributed by atoms with E-state index in [0.29, 0.717) is 17.6 Å². The van der Waals surface area contributed by atoms with Gasteiger partial charge in [-0.2, -0.15) is 9.97 Å². The molecule has 76 heteroatoms. The Labute approximate surface area is 865 Å². The van der Waals surface area contributed by atoms with Crippen LogP contribution in [0.2, 0.25) is 0 Å². The Bertz CT molecular complexity index is 7810. The minimum Gasteiger partial charge on any atom is -0.382 e. The van der Waals surface area contributed by atoms with Crippen LogP contribution in [0.5, 0.6) is 0 Å². The molecule has 18 heterocycles. The van der Waals surface area contributed by atoms with Gasteiger partial charge in [0.25, 0.3) is 27.8 Å². The molecule has 11 aromatic heterocycles. The van der Waals surface area contributed by atoms with Crippen LogP contribution in [0.3, 0.4) is 0 Å². The van der Waals surface area contributed by atoms with Crippen molar-refractivity contribution in [1.29, 1.82) is 0 Å². The fraction of sp³-hybridized carbons (Fsp3) is 0.556. The summed E-state index contributed by atoms with van der Waals surface area (Å²) < 4.78 is 238. The van der Waals surface area contributed by atoms with Crippen molar-refractivity contribution >= 4 is 202 Å². The van der Waals surface area contributed by atoms with E-state index in [0.717, 1.165) is 39.7 Å². The molecule has 18 rings (SSSR count). The number of rotatable bonds is 41. The average molecular weight is 2340 g/mol. The van der Waals surface area contributed by atoms with E-state index >= 15 is 13.7 Å². The first-order chi connectivity index (χ1) is 69.9. The predicted octanol–water partition coefficient (Wildman–Crippen LogP) is 5.97. The van der Waals surface area contributed by atoms with E-state index < -0.39 is 274 Å². The summed E-state index contributed by atoms with van der Waals surface area (Å²) in [5.74, 6) is -0.538. The zero-order chi connectivity index (χ0) is 106. The van der Waals surface area contributed by atoms with Gasteiger partial charge in [-0.05, 0) is 27.2 Å². The van der Waals surface area contributed by atoms with Crippen LogP contribution in [0.1, 0.15) is 119 Å². The van der Waals surface area contributed by atoms with Gasteiger partial charge in [0.2, 0.25) is 11.9 Å². The van der Waals surface area contributed by atoms with E-state index in [1.807, 2.05) is 0 Å². The number of H-pyrrole nitrogens is 5. The number of aromatic amines is 5. The molecule has 7 aliphatic heterocycles. The summed E-state index contributed by atoms with van der Waals surface area (Å²) in [5, 5.41) is 0. The van der Waals surface area contributed by atoms with Crippen molar-refractivity contribution in [2.75, 3.05) is 69.7 Å². The second-order valence-corrected chi connectivity index (χ2v) is 54.6. The highest BCUT2D eigenvalue weighted by atomic mass is 32.7. The number of hydrogen-bond acceptors (Lipinski definition) is 50. The maximum Gasteiger partial charge on any atom is 0.386 e. The quantitative estimate of drug-likeness (QED) is 0.0155. The summed E-state index contributed by atoms with van der Waals surface area (Å²) in [4.78, 5) is 158. The van der Waals surface area contributed by atoms with E-state index in [9.17, 15) is 56.6 Å². The Morgan fingerprint density at radius 2 is 0.547 bits per heavy atom. The second kappa shape index (κ2) is 43.9. The summed E-state index contributed by atoms with van der Waals surface area (Å²) in [6.45, 7) is -31.8. The molecule has 804 valence electrons. The van der Waals surface area contributed by atoms with Gasteiger partial charge in [0, 0.05) is 87.3 Å². The molecule has 13 N–H and O–H groups in total. The van der Waals surface area contributed by atoms with Crippen molar-refractivity contribution in [1.82, 2.24) is 107 Å². The molecule has 7 unspecified atom stereocenters. The van der Waals surface area contributed by atoms with Gasteiger partial charge in [0.05, 0.1) is 77.2 Å². The number of thiol groups is 7. The molecular formula is C72H93N26O36P7S7. The van der Waals surface area contributed by atoms with E-state index in [2.05, 4.69) is 161 Å². The highest BCUT2D eigenvalue weighted by molar-refractivity contribution is 8.46. The van der Waals surface area contributed by atoms with Gasteiger partial charge in [-0.3, -0.25) is 140 Å². The van der Waals surface area contributed by atoms with Crippen molar-refractivity contribution in [2.45, 2.75) is 208 Å². The fourth-order valence-electron chi connectivity index (χ4n) is 17.4. The molecule has 148 heavy (non-hydrogen) atoms. The number of nitrogens with two attached hydrogens (primary N) is 4. The number of ether oxygens (including phenoxy) is 7. The largest absolute Gasteiger partial charge is 0.386 e. The fourth-order valence-corrected chi connectivity index (χ4v) is 27.6. The minimum absolute atomic E-state index is 0.0220. The SMILES string of the molecule is CC[C@H]1O[C@@H](n2cnc3c(N)ncnc32)C[C@H]1OP(=O)(S)OC[C@H]1O[C@@H](n2cc(C)c(=O)[nH]c2=O)C[C@H]1OP(=O)(S)OC[C@H]1O[C@@H](n2cc(C)c(=O)[nH]c2=O)C[C@H]1OP(=O)(S)OC[C@H]1O[C@@H](n2cnc3c(=O)[nH]c(N)nc32)C[C@H]1OP(=O)(S)OC[C@H]1O[C@@H](n2cnc3c(=O)[nH]c(N)nc32)C[C@H]1OP(=O)(S)OC[C@H]1O[C@@H](n2cc(C)c(=O)[nH]c2=O)C[C@H]1OP(=O)(S)OC[C@H]1O[C@@H](n2cnc3c(N)ncnc32)C[C@H]1OP(=O)(S)OC. The molecule has 0 aliphatic carbocycles. The molecule has 7 fully saturated rings. The third-order valence-corrected chi connectivity index (χ3v) is 36.1. The summed E-state index contributed by atoms with van der Waals surface area (Å²) in [6.07, 6.45) is -18.3. The van der Waals surface area contributed by atoms with Gasteiger partial charge < -0.3 is 60.6 Å². The Hall–Kier alpha value is -7.74. The summed E-state index contributed by atoms with van der Waals surface area (Å²) >= 11 is 30.1. The maximum absolute atomic E-state index is 15.2. The van der Waals surface area contributed by atoms with Crippen LogP contribution < -0.4 is 67.8 Å². The van der Waals surface area contributed by atoms with Gasteiger partial charge in [0.15, 0.2) is 45.3 Å². The van der Waals surface area contributed by atoms with Crippen LogP contribution in [0.15, 0.2) is 94.9 Å². The first kappa shape index (κ1) is 110. The first-order valence-corrected chi connectivity index (χ1v) is 63.1. The maximum atomic E-state index is 15.2. The summed E-state index contributed by atoms with van der Waals surface area (Å²) in [7, 11) is 1.09. The van der Waals surface area contributed by atoms with Crippen LogP contribution in [0, 0.1) is 20.8 Å². The molecule has 7 saturated heterocycles.